The summed E-state index contributed by atoms with van der Waals surface area (Å²) in [6.45, 7) is 1.80. The van der Waals surface area contributed by atoms with E-state index in [2.05, 4.69) is 21.0 Å². The van der Waals surface area contributed by atoms with Gasteiger partial charge in [0.05, 0.1) is 11.4 Å². The van der Waals surface area contributed by atoms with Crippen LogP contribution in [0.4, 0.5) is 26.4 Å². The van der Waals surface area contributed by atoms with Crippen LogP contribution in [0, 0.1) is 12.7 Å². The second kappa shape index (κ2) is 9.13. The van der Waals surface area contributed by atoms with Gasteiger partial charge in [-0.1, -0.05) is 18.2 Å². The highest BCUT2D eigenvalue weighted by Crippen LogP contribution is 2.19. The van der Waals surface area contributed by atoms with Crippen LogP contribution in [0.25, 0.3) is 5.69 Å². The van der Waals surface area contributed by atoms with E-state index in [-0.39, 0.29) is 17.8 Å². The van der Waals surface area contributed by atoms with E-state index in [1.165, 1.54) is 16.8 Å². The second-order valence-electron chi connectivity index (χ2n) is 7.04. The molecule has 0 spiro atoms. The Kier molecular flexibility index (Phi) is 5.94. The Balaban J connectivity index is 1.42. The molecule has 1 heterocycles. The monoisotopic (exact) mass is 429 g/mol. The first-order valence-corrected chi connectivity index (χ1v) is 9.85. The number of nitrogens with one attached hydrogen (secondary N) is 3. The van der Waals surface area contributed by atoms with Gasteiger partial charge in [0.15, 0.2) is 0 Å². The zero-order valence-electron chi connectivity index (χ0n) is 17.2. The molecule has 3 amide bonds. The molecule has 0 saturated heterocycles. The molecule has 0 unspecified atom stereocenters. The molecule has 4 aromatic rings. The van der Waals surface area contributed by atoms with Crippen LogP contribution in [0.3, 0.4) is 0 Å². The van der Waals surface area contributed by atoms with Crippen molar-refractivity contribution < 1.29 is 14.0 Å². The maximum Gasteiger partial charge on any atom is 0.323 e. The van der Waals surface area contributed by atoms with Crippen LogP contribution in [-0.2, 0) is 0 Å². The van der Waals surface area contributed by atoms with Crippen LogP contribution in [-0.4, -0.2) is 21.7 Å². The average Bonchev–Trinajstić information content (AvgIpc) is 3.15. The molecule has 0 atom stereocenters. The minimum atomic E-state index is -0.382. The number of carbonyl (C=O) groups excluding carboxylic acids is 2. The summed E-state index contributed by atoms with van der Waals surface area (Å²) in [5.74, 6) is -0.230. The summed E-state index contributed by atoms with van der Waals surface area (Å²) in [7, 11) is 0. The predicted octanol–water partition coefficient (Wildman–Crippen LogP) is 5.22. The summed E-state index contributed by atoms with van der Waals surface area (Å²) in [5.41, 5.74) is 2.95. The quantitative estimate of drug-likeness (QED) is 0.407. The normalized spacial score (nSPS) is 10.4. The fourth-order valence-corrected chi connectivity index (χ4v) is 3.08. The molecule has 8 heteroatoms. The number of halogens is 1. The van der Waals surface area contributed by atoms with Crippen molar-refractivity contribution in [2.75, 3.05) is 16.0 Å². The van der Waals surface area contributed by atoms with Gasteiger partial charge in [-0.15, -0.1) is 0 Å². The largest absolute Gasteiger partial charge is 0.323 e. The third-order valence-electron chi connectivity index (χ3n) is 4.58. The van der Waals surface area contributed by atoms with Gasteiger partial charge in [0, 0.05) is 23.0 Å². The van der Waals surface area contributed by atoms with E-state index < -0.39 is 0 Å². The van der Waals surface area contributed by atoms with Gasteiger partial charge in [0.25, 0.3) is 5.91 Å². The average molecular weight is 429 g/mol. The predicted molar refractivity (Wildman–Crippen MR) is 122 cm³/mol. The molecule has 160 valence electrons. The van der Waals surface area contributed by atoms with Gasteiger partial charge < -0.3 is 16.0 Å². The van der Waals surface area contributed by atoms with Gasteiger partial charge in [-0.2, -0.15) is 5.10 Å². The maximum atomic E-state index is 13.2. The maximum absolute atomic E-state index is 13.2. The highest BCUT2D eigenvalue weighted by Gasteiger charge is 2.13. The number of anilines is 3. The van der Waals surface area contributed by atoms with Gasteiger partial charge in [0.1, 0.15) is 11.6 Å². The molecule has 1 aromatic heterocycles. The lowest BCUT2D eigenvalue weighted by molar-refractivity contribution is 0.102. The molecule has 0 aliphatic rings. The van der Waals surface area contributed by atoms with Gasteiger partial charge in [-0.05, 0) is 67.6 Å². The SMILES string of the molecule is Cc1cc(NC(=O)c2ccc(NC(=O)Nc3ccccc3)cc2)n(-c2ccc(F)cc2)n1. The molecule has 0 radical (unpaired) electrons. The third-order valence-corrected chi connectivity index (χ3v) is 4.58. The third kappa shape index (κ3) is 4.99. The number of urea groups is 1. The van der Waals surface area contributed by atoms with Crippen LogP contribution >= 0.6 is 0 Å². The summed E-state index contributed by atoms with van der Waals surface area (Å²) in [5, 5.41) is 12.6. The van der Waals surface area contributed by atoms with E-state index >= 15 is 0 Å². The van der Waals surface area contributed by atoms with Crippen LogP contribution in [0.15, 0.2) is 84.9 Å². The molecule has 0 aliphatic carbocycles. The zero-order valence-corrected chi connectivity index (χ0v) is 17.2. The zero-order chi connectivity index (χ0) is 22.5. The molecule has 3 aromatic carbocycles. The Morgan fingerprint density at radius 1 is 0.812 bits per heavy atom. The minimum Gasteiger partial charge on any atom is -0.308 e. The Labute approximate surface area is 183 Å². The molecular formula is C24H20FN5O2. The number of benzene rings is 3. The van der Waals surface area contributed by atoms with Crippen molar-refractivity contribution in [2.24, 2.45) is 0 Å². The van der Waals surface area contributed by atoms with E-state index in [1.54, 1.807) is 61.5 Å². The molecular weight excluding hydrogens is 409 g/mol. The number of aryl methyl sites for hydroxylation is 1. The van der Waals surface area contributed by atoms with Crippen LogP contribution in [0.5, 0.6) is 0 Å². The van der Waals surface area contributed by atoms with Crippen LogP contribution < -0.4 is 16.0 Å². The first-order chi connectivity index (χ1) is 15.5. The lowest BCUT2D eigenvalue weighted by atomic mass is 10.2. The molecule has 7 nitrogen and oxygen atoms in total. The van der Waals surface area contributed by atoms with Crippen molar-refractivity contribution in [2.45, 2.75) is 6.92 Å². The molecule has 0 saturated carbocycles. The summed E-state index contributed by atoms with van der Waals surface area (Å²) < 4.78 is 14.8. The Bertz CT molecular complexity index is 1240. The topological polar surface area (TPSA) is 88.0 Å². The minimum absolute atomic E-state index is 0.339. The van der Waals surface area contributed by atoms with Gasteiger partial charge in [0.2, 0.25) is 0 Å². The standard InChI is InChI=1S/C24H20FN5O2/c1-16-15-22(30(29-16)21-13-9-18(25)10-14-21)28-23(31)17-7-11-20(12-8-17)27-24(32)26-19-5-3-2-4-6-19/h2-15H,1H3,(H,28,31)(H2,26,27,32). The Hall–Kier alpha value is -4.46. The van der Waals surface area contributed by atoms with Crippen molar-refractivity contribution in [3.63, 3.8) is 0 Å². The van der Waals surface area contributed by atoms with E-state index in [4.69, 9.17) is 0 Å². The van der Waals surface area contributed by atoms with Crippen molar-refractivity contribution in [1.82, 2.24) is 9.78 Å². The van der Waals surface area contributed by atoms with Crippen molar-refractivity contribution >= 4 is 29.1 Å². The summed E-state index contributed by atoms with van der Waals surface area (Å²) in [6.07, 6.45) is 0. The van der Waals surface area contributed by atoms with E-state index in [0.29, 0.717) is 34.1 Å². The smallest absolute Gasteiger partial charge is 0.308 e. The van der Waals surface area contributed by atoms with Crippen molar-refractivity contribution in [3.05, 3.63) is 102 Å². The number of aromatic nitrogens is 2. The molecule has 32 heavy (non-hydrogen) atoms. The van der Waals surface area contributed by atoms with Crippen molar-refractivity contribution in [1.29, 1.82) is 0 Å². The Morgan fingerprint density at radius 2 is 1.44 bits per heavy atom. The fraction of sp³-hybridized carbons (Fsp3) is 0.0417. The molecule has 0 aliphatic heterocycles. The Morgan fingerprint density at radius 3 is 2.09 bits per heavy atom. The van der Waals surface area contributed by atoms with E-state index in [0.717, 1.165) is 0 Å². The second-order valence-corrected chi connectivity index (χ2v) is 7.04. The molecule has 0 bridgehead atoms. The lowest BCUT2D eigenvalue weighted by Crippen LogP contribution is -2.19. The molecule has 0 fully saturated rings. The van der Waals surface area contributed by atoms with Crippen LogP contribution in [0.1, 0.15) is 16.1 Å². The van der Waals surface area contributed by atoms with Crippen LogP contribution in [0.2, 0.25) is 0 Å². The van der Waals surface area contributed by atoms with Crippen molar-refractivity contribution in [3.8, 4) is 5.69 Å². The van der Waals surface area contributed by atoms with Gasteiger partial charge >= 0.3 is 6.03 Å². The van der Waals surface area contributed by atoms with Gasteiger partial charge in [-0.3, -0.25) is 4.79 Å². The number of amides is 3. The fourth-order valence-electron chi connectivity index (χ4n) is 3.08. The number of hydrogen-bond donors (Lipinski definition) is 3. The number of nitrogens with zero attached hydrogens (tertiary/aromatic N) is 2. The highest BCUT2D eigenvalue weighted by atomic mass is 19.1. The first kappa shape index (κ1) is 20.8. The van der Waals surface area contributed by atoms with E-state index in [9.17, 15) is 14.0 Å². The summed E-state index contributed by atoms with van der Waals surface area (Å²) in [6, 6.07) is 22.8. The lowest BCUT2D eigenvalue weighted by Gasteiger charge is -2.10. The summed E-state index contributed by atoms with van der Waals surface area (Å²) in [4.78, 5) is 24.8. The summed E-state index contributed by atoms with van der Waals surface area (Å²) >= 11 is 0. The number of carbonyl (C=O) groups is 2. The number of para-hydroxylation sites is 1. The molecule has 4 rings (SSSR count). The van der Waals surface area contributed by atoms with E-state index in [1.807, 2.05) is 18.2 Å². The molecule has 3 N–H and O–H groups in total. The number of rotatable bonds is 5. The van der Waals surface area contributed by atoms with Gasteiger partial charge in [-0.25, -0.2) is 13.9 Å². The number of hydrogen-bond acceptors (Lipinski definition) is 3. The first-order valence-electron chi connectivity index (χ1n) is 9.85. The highest BCUT2D eigenvalue weighted by molar-refractivity contribution is 6.05.